The van der Waals surface area contributed by atoms with E-state index in [-0.39, 0.29) is 0 Å². The maximum atomic E-state index is 5.76. The first kappa shape index (κ1) is 15.7. The average molecular weight is 289 g/mol. The molecular formula is C17H27N3O. The first-order valence-electron chi connectivity index (χ1n) is 7.77. The van der Waals surface area contributed by atoms with Crippen LogP contribution in [0.5, 0.6) is 5.75 Å². The largest absolute Gasteiger partial charge is 0.493 e. The van der Waals surface area contributed by atoms with E-state index in [0.717, 1.165) is 30.8 Å². The fourth-order valence-corrected chi connectivity index (χ4v) is 2.09. The lowest BCUT2D eigenvalue weighted by Gasteiger charge is -2.13. The zero-order valence-electron chi connectivity index (χ0n) is 13.5. The summed E-state index contributed by atoms with van der Waals surface area (Å²) in [4.78, 5) is 4.26. The summed E-state index contributed by atoms with van der Waals surface area (Å²) in [6, 6.07) is 8.80. The van der Waals surface area contributed by atoms with Crippen LogP contribution in [-0.2, 0) is 6.54 Å². The number of hydrogen-bond acceptors (Lipinski definition) is 2. The molecule has 0 bridgehead atoms. The van der Waals surface area contributed by atoms with Crippen LogP contribution in [0.15, 0.2) is 29.3 Å². The van der Waals surface area contributed by atoms with Gasteiger partial charge in [-0.2, -0.15) is 0 Å². The summed E-state index contributed by atoms with van der Waals surface area (Å²) in [5, 5.41) is 6.78. The van der Waals surface area contributed by atoms with Gasteiger partial charge in [0.1, 0.15) is 5.75 Å². The summed E-state index contributed by atoms with van der Waals surface area (Å²) in [6.45, 7) is 8.06. The van der Waals surface area contributed by atoms with Gasteiger partial charge in [-0.05, 0) is 36.0 Å². The molecule has 4 nitrogen and oxygen atoms in total. The maximum absolute atomic E-state index is 5.76. The van der Waals surface area contributed by atoms with Crippen LogP contribution >= 0.6 is 0 Å². The Morgan fingerprint density at radius 1 is 1.43 bits per heavy atom. The van der Waals surface area contributed by atoms with Crippen LogP contribution in [0.4, 0.5) is 0 Å². The Morgan fingerprint density at radius 3 is 2.81 bits per heavy atom. The highest BCUT2D eigenvalue weighted by molar-refractivity contribution is 5.80. The van der Waals surface area contributed by atoms with Gasteiger partial charge in [-0.15, -0.1) is 0 Å². The van der Waals surface area contributed by atoms with Crippen LogP contribution in [0.2, 0.25) is 0 Å². The van der Waals surface area contributed by atoms with Gasteiger partial charge in [-0.3, -0.25) is 4.99 Å². The molecule has 1 saturated carbocycles. The second-order valence-electron chi connectivity index (χ2n) is 6.24. The molecule has 1 aromatic rings. The van der Waals surface area contributed by atoms with Crippen molar-refractivity contribution in [1.82, 2.24) is 10.6 Å². The first-order valence-corrected chi connectivity index (χ1v) is 7.77. The molecular weight excluding hydrogens is 262 g/mol. The van der Waals surface area contributed by atoms with E-state index in [9.17, 15) is 0 Å². The number of nitrogens with zero attached hydrogens (tertiary/aromatic N) is 1. The Balaban J connectivity index is 1.82. The van der Waals surface area contributed by atoms with Crippen LogP contribution in [0.1, 0.15) is 32.8 Å². The third kappa shape index (κ3) is 5.29. The van der Waals surface area contributed by atoms with E-state index >= 15 is 0 Å². The van der Waals surface area contributed by atoms with Crippen molar-refractivity contribution in [3.8, 4) is 5.75 Å². The summed E-state index contributed by atoms with van der Waals surface area (Å²) in [7, 11) is 1.81. The molecule has 0 heterocycles. The lowest BCUT2D eigenvalue weighted by Crippen LogP contribution is -2.38. The zero-order valence-corrected chi connectivity index (χ0v) is 13.5. The van der Waals surface area contributed by atoms with Gasteiger partial charge >= 0.3 is 0 Å². The van der Waals surface area contributed by atoms with E-state index in [4.69, 9.17) is 4.74 Å². The summed E-state index contributed by atoms with van der Waals surface area (Å²) < 4.78 is 5.76. The quantitative estimate of drug-likeness (QED) is 0.625. The van der Waals surface area contributed by atoms with Gasteiger partial charge in [0, 0.05) is 19.6 Å². The molecule has 1 aliphatic rings. The van der Waals surface area contributed by atoms with Crippen molar-refractivity contribution in [2.24, 2.45) is 16.8 Å². The van der Waals surface area contributed by atoms with Crippen molar-refractivity contribution >= 4 is 5.96 Å². The molecule has 2 N–H and O–H groups in total. The van der Waals surface area contributed by atoms with Crippen LogP contribution in [0.25, 0.3) is 0 Å². The van der Waals surface area contributed by atoms with Crippen molar-refractivity contribution < 1.29 is 4.74 Å². The summed E-state index contributed by atoms with van der Waals surface area (Å²) in [6.07, 6.45) is 1.24. The standard InChI is InChI=1S/C17H27N3O/c1-12(2)11-21-15-7-5-6-14(9-15)10-19-17(18-4)20-16-8-13(16)3/h5-7,9,12-13,16H,8,10-11H2,1-4H3,(H2,18,19,20). The Labute approximate surface area is 128 Å². The van der Waals surface area contributed by atoms with Gasteiger partial charge in [0.15, 0.2) is 5.96 Å². The molecule has 1 aliphatic carbocycles. The van der Waals surface area contributed by atoms with Crippen LogP contribution in [-0.4, -0.2) is 25.7 Å². The Bertz CT molecular complexity index is 485. The molecule has 1 aromatic carbocycles. The monoisotopic (exact) mass is 289 g/mol. The highest BCUT2D eigenvalue weighted by atomic mass is 16.5. The van der Waals surface area contributed by atoms with E-state index in [1.807, 2.05) is 19.2 Å². The predicted octanol–water partition coefficient (Wildman–Crippen LogP) is 2.79. The highest BCUT2D eigenvalue weighted by Gasteiger charge is 2.33. The summed E-state index contributed by atoms with van der Waals surface area (Å²) in [5.74, 6) is 3.10. The molecule has 0 aliphatic heterocycles. The molecule has 4 heteroatoms. The molecule has 2 rings (SSSR count). The van der Waals surface area contributed by atoms with Crippen LogP contribution in [0, 0.1) is 11.8 Å². The average Bonchev–Trinajstić information content (AvgIpc) is 3.17. The fourth-order valence-electron chi connectivity index (χ4n) is 2.09. The van der Waals surface area contributed by atoms with Gasteiger partial charge in [-0.25, -0.2) is 0 Å². The minimum absolute atomic E-state index is 0.537. The lowest BCUT2D eigenvalue weighted by atomic mass is 10.2. The smallest absolute Gasteiger partial charge is 0.191 e. The lowest BCUT2D eigenvalue weighted by molar-refractivity contribution is 0.271. The molecule has 0 aromatic heterocycles. The van der Waals surface area contributed by atoms with Gasteiger partial charge in [-0.1, -0.05) is 32.9 Å². The minimum Gasteiger partial charge on any atom is -0.493 e. The molecule has 2 atom stereocenters. The van der Waals surface area contributed by atoms with E-state index in [2.05, 4.69) is 48.5 Å². The number of guanidine groups is 1. The van der Waals surface area contributed by atoms with Crippen molar-refractivity contribution in [3.63, 3.8) is 0 Å². The second-order valence-corrected chi connectivity index (χ2v) is 6.24. The summed E-state index contributed by atoms with van der Waals surface area (Å²) >= 11 is 0. The maximum Gasteiger partial charge on any atom is 0.191 e. The van der Waals surface area contributed by atoms with E-state index < -0.39 is 0 Å². The normalized spacial score (nSPS) is 21.3. The molecule has 0 amide bonds. The van der Waals surface area contributed by atoms with Crippen LogP contribution < -0.4 is 15.4 Å². The number of aliphatic imine (C=N–C) groups is 1. The predicted molar refractivity (Wildman–Crippen MR) is 87.7 cm³/mol. The number of ether oxygens (including phenoxy) is 1. The first-order chi connectivity index (χ1) is 10.1. The molecule has 21 heavy (non-hydrogen) atoms. The van der Waals surface area contributed by atoms with Crippen molar-refractivity contribution in [2.75, 3.05) is 13.7 Å². The molecule has 1 fully saturated rings. The van der Waals surface area contributed by atoms with Gasteiger partial charge in [0.2, 0.25) is 0 Å². The van der Waals surface area contributed by atoms with Gasteiger partial charge in [0.25, 0.3) is 0 Å². The topological polar surface area (TPSA) is 45.7 Å². The van der Waals surface area contributed by atoms with Crippen molar-refractivity contribution in [1.29, 1.82) is 0 Å². The third-order valence-corrected chi connectivity index (χ3v) is 3.60. The summed E-state index contributed by atoms with van der Waals surface area (Å²) in [5.41, 5.74) is 1.20. The Hall–Kier alpha value is -1.71. The Morgan fingerprint density at radius 2 is 2.19 bits per heavy atom. The number of hydrogen-bond donors (Lipinski definition) is 2. The molecule has 2 unspecified atom stereocenters. The van der Waals surface area contributed by atoms with Gasteiger partial charge < -0.3 is 15.4 Å². The SMILES string of the molecule is CN=C(NCc1cccc(OCC(C)C)c1)NC1CC1C. The molecule has 0 saturated heterocycles. The second kappa shape index (κ2) is 7.34. The number of benzene rings is 1. The Kier molecular flexibility index (Phi) is 5.48. The molecule has 0 radical (unpaired) electrons. The number of nitrogens with one attached hydrogen (secondary N) is 2. The third-order valence-electron chi connectivity index (χ3n) is 3.60. The van der Waals surface area contributed by atoms with Crippen molar-refractivity contribution in [3.05, 3.63) is 29.8 Å². The molecule has 116 valence electrons. The zero-order chi connectivity index (χ0) is 15.2. The van der Waals surface area contributed by atoms with Crippen molar-refractivity contribution in [2.45, 2.75) is 39.8 Å². The number of rotatable bonds is 6. The fraction of sp³-hybridized carbons (Fsp3) is 0.588. The van der Waals surface area contributed by atoms with E-state index in [0.29, 0.717) is 12.0 Å². The minimum atomic E-state index is 0.537. The molecule has 0 spiro atoms. The van der Waals surface area contributed by atoms with Crippen LogP contribution in [0.3, 0.4) is 0 Å². The van der Waals surface area contributed by atoms with E-state index in [1.54, 1.807) is 0 Å². The highest BCUT2D eigenvalue weighted by Crippen LogP contribution is 2.28. The van der Waals surface area contributed by atoms with E-state index in [1.165, 1.54) is 12.0 Å². The van der Waals surface area contributed by atoms with Gasteiger partial charge in [0.05, 0.1) is 6.61 Å².